The molecule has 0 spiro atoms. The number of aliphatic imine (C=N–C) groups is 1. The van der Waals surface area contributed by atoms with Crippen molar-refractivity contribution in [3.63, 3.8) is 0 Å². The molecule has 0 aromatic heterocycles. The lowest BCUT2D eigenvalue weighted by molar-refractivity contribution is -0.00101. The summed E-state index contributed by atoms with van der Waals surface area (Å²) in [5.74, 6) is -2.75. The number of carbonyl (C=O) groups is 1. The molecule has 0 saturated carbocycles. The van der Waals surface area contributed by atoms with E-state index in [0.29, 0.717) is 23.8 Å². The molecule has 25 heavy (non-hydrogen) atoms. The lowest BCUT2D eigenvalue weighted by atomic mass is 10.1. The number of nitrogens with zero attached hydrogens (tertiary/aromatic N) is 1. The Kier molecular flexibility index (Phi) is 8.31. The fourth-order valence-electron chi connectivity index (χ4n) is 2.01. The van der Waals surface area contributed by atoms with Crippen LogP contribution in [0.2, 0.25) is 0 Å². The predicted octanol–water partition coefficient (Wildman–Crippen LogP) is 4.37. The number of halogens is 2. The molecule has 1 N–H and O–H groups in total. The van der Waals surface area contributed by atoms with Crippen LogP contribution in [0.15, 0.2) is 17.1 Å². The van der Waals surface area contributed by atoms with Gasteiger partial charge in [0.15, 0.2) is 11.5 Å². The molecule has 1 aromatic carbocycles. The maximum atomic E-state index is 13.4. The van der Waals surface area contributed by atoms with E-state index in [0.717, 1.165) is 12.8 Å². The first-order valence-corrected chi connectivity index (χ1v) is 8.38. The van der Waals surface area contributed by atoms with E-state index >= 15 is 0 Å². The van der Waals surface area contributed by atoms with Crippen LogP contribution in [0.5, 0.6) is 11.5 Å². The summed E-state index contributed by atoms with van der Waals surface area (Å²) in [5, 5.41) is 2.25. The molecule has 1 amide bonds. The van der Waals surface area contributed by atoms with Gasteiger partial charge in [-0.25, -0.2) is 8.78 Å². The fourth-order valence-corrected chi connectivity index (χ4v) is 2.01. The lowest BCUT2D eigenvalue weighted by Crippen LogP contribution is -2.36. The lowest BCUT2D eigenvalue weighted by Gasteiger charge is -2.17. The molecule has 0 aliphatic rings. The van der Waals surface area contributed by atoms with Crippen LogP contribution in [-0.2, 0) is 0 Å². The summed E-state index contributed by atoms with van der Waals surface area (Å²) >= 11 is 0. The van der Waals surface area contributed by atoms with Crippen LogP contribution < -0.4 is 14.8 Å². The van der Waals surface area contributed by atoms with Gasteiger partial charge in [0.1, 0.15) is 0 Å². The Labute approximate surface area is 147 Å². The normalized spacial score (nSPS) is 11.6. The van der Waals surface area contributed by atoms with Crippen molar-refractivity contribution in [2.45, 2.75) is 46.0 Å². The second kappa shape index (κ2) is 9.96. The molecule has 1 aromatic rings. The molecule has 1 rings (SSSR count). The zero-order valence-electron chi connectivity index (χ0n) is 15.2. The highest BCUT2D eigenvalue weighted by atomic mass is 19.3. The number of hydrogen-bond donors (Lipinski definition) is 1. The van der Waals surface area contributed by atoms with Crippen LogP contribution in [0.25, 0.3) is 0 Å². The highest BCUT2D eigenvalue weighted by molar-refractivity contribution is 6.00. The first-order chi connectivity index (χ1) is 11.9. The van der Waals surface area contributed by atoms with E-state index in [2.05, 4.69) is 10.3 Å². The molecule has 0 fully saturated rings. The minimum absolute atomic E-state index is 0.157. The minimum atomic E-state index is -2.95. The number of methoxy groups -OCH3 is 1. The predicted molar refractivity (Wildman–Crippen MR) is 94.8 cm³/mol. The number of benzene rings is 1. The van der Waals surface area contributed by atoms with Gasteiger partial charge in [-0.1, -0.05) is 20.3 Å². The van der Waals surface area contributed by atoms with Gasteiger partial charge in [-0.05, 0) is 19.4 Å². The van der Waals surface area contributed by atoms with Gasteiger partial charge in [0.25, 0.3) is 11.8 Å². The third-order valence-electron chi connectivity index (χ3n) is 3.58. The number of nitrogens with one attached hydrogen (secondary N) is 1. The van der Waals surface area contributed by atoms with Crippen LogP contribution in [0.1, 0.15) is 50.4 Å². The SMILES string of the molecule is CC=Nc1cc(OCCCC)c(OC)cc1C(=O)NCC(F)(F)CC. The first-order valence-electron chi connectivity index (χ1n) is 8.38. The molecule has 0 saturated heterocycles. The van der Waals surface area contributed by atoms with Gasteiger partial charge in [-0.15, -0.1) is 0 Å². The number of ether oxygens (including phenoxy) is 2. The molecule has 140 valence electrons. The van der Waals surface area contributed by atoms with Crippen LogP contribution in [-0.4, -0.2) is 38.3 Å². The van der Waals surface area contributed by atoms with Crippen LogP contribution in [0.3, 0.4) is 0 Å². The second-order valence-corrected chi connectivity index (χ2v) is 5.50. The molecule has 7 heteroatoms. The van der Waals surface area contributed by atoms with Gasteiger partial charge in [0.05, 0.1) is 31.5 Å². The smallest absolute Gasteiger partial charge is 0.264 e. The fraction of sp³-hybridized carbons (Fsp3) is 0.556. The molecule has 0 unspecified atom stereocenters. The maximum Gasteiger partial charge on any atom is 0.264 e. The molecule has 0 radical (unpaired) electrons. The second-order valence-electron chi connectivity index (χ2n) is 5.50. The summed E-state index contributed by atoms with van der Waals surface area (Å²) in [7, 11) is 1.46. The first kappa shape index (κ1) is 20.9. The highest BCUT2D eigenvalue weighted by Crippen LogP contribution is 2.35. The van der Waals surface area contributed by atoms with Crippen molar-refractivity contribution in [1.29, 1.82) is 0 Å². The van der Waals surface area contributed by atoms with Crippen molar-refractivity contribution in [2.75, 3.05) is 20.3 Å². The third kappa shape index (κ3) is 6.32. The summed E-state index contributed by atoms with van der Waals surface area (Å²) < 4.78 is 37.7. The van der Waals surface area contributed by atoms with E-state index in [1.165, 1.54) is 26.3 Å². The Balaban J connectivity index is 3.09. The Morgan fingerprint density at radius 3 is 2.60 bits per heavy atom. The Hall–Kier alpha value is -2.18. The summed E-state index contributed by atoms with van der Waals surface area (Å²) in [5.41, 5.74) is 0.497. The third-order valence-corrected chi connectivity index (χ3v) is 3.58. The quantitative estimate of drug-likeness (QED) is 0.500. The van der Waals surface area contributed by atoms with Gasteiger partial charge in [-0.3, -0.25) is 9.79 Å². The number of carbonyl (C=O) groups excluding carboxylic acids is 1. The summed E-state index contributed by atoms with van der Waals surface area (Å²) in [6.07, 6.45) is 3.04. The molecule has 0 atom stereocenters. The Morgan fingerprint density at radius 2 is 2.04 bits per heavy atom. The van der Waals surface area contributed by atoms with Crippen molar-refractivity contribution in [3.05, 3.63) is 17.7 Å². The highest BCUT2D eigenvalue weighted by Gasteiger charge is 2.27. The van der Waals surface area contributed by atoms with Crippen LogP contribution in [0, 0.1) is 0 Å². The van der Waals surface area contributed by atoms with Gasteiger partial charge >= 0.3 is 0 Å². The Morgan fingerprint density at radius 1 is 1.32 bits per heavy atom. The van der Waals surface area contributed by atoms with Crippen molar-refractivity contribution < 1.29 is 23.0 Å². The van der Waals surface area contributed by atoms with E-state index in [4.69, 9.17) is 9.47 Å². The zero-order chi connectivity index (χ0) is 18.9. The van der Waals surface area contributed by atoms with Gasteiger partial charge in [0, 0.05) is 18.7 Å². The van der Waals surface area contributed by atoms with Crippen molar-refractivity contribution in [3.8, 4) is 11.5 Å². The average Bonchev–Trinajstić information content (AvgIpc) is 2.60. The topological polar surface area (TPSA) is 59.9 Å². The van der Waals surface area contributed by atoms with E-state index < -0.39 is 18.4 Å². The minimum Gasteiger partial charge on any atom is -0.493 e. The van der Waals surface area contributed by atoms with Crippen molar-refractivity contribution in [1.82, 2.24) is 5.32 Å². The van der Waals surface area contributed by atoms with Crippen LogP contribution >= 0.6 is 0 Å². The average molecular weight is 356 g/mol. The maximum absolute atomic E-state index is 13.4. The van der Waals surface area contributed by atoms with Crippen molar-refractivity contribution >= 4 is 17.8 Å². The van der Waals surface area contributed by atoms with E-state index in [1.54, 1.807) is 13.0 Å². The summed E-state index contributed by atoms with van der Waals surface area (Å²) in [6, 6.07) is 3.05. The van der Waals surface area contributed by atoms with E-state index in [9.17, 15) is 13.6 Å². The van der Waals surface area contributed by atoms with Gasteiger partial charge in [-0.2, -0.15) is 0 Å². The molecule has 5 nitrogen and oxygen atoms in total. The van der Waals surface area contributed by atoms with Gasteiger partial charge in [0.2, 0.25) is 0 Å². The number of alkyl halides is 2. The summed E-state index contributed by atoms with van der Waals surface area (Å²) in [6.45, 7) is 4.90. The van der Waals surface area contributed by atoms with Crippen molar-refractivity contribution in [2.24, 2.45) is 4.99 Å². The van der Waals surface area contributed by atoms with E-state index in [-0.39, 0.29) is 12.0 Å². The van der Waals surface area contributed by atoms with Gasteiger partial charge < -0.3 is 14.8 Å². The van der Waals surface area contributed by atoms with Crippen LogP contribution in [0.4, 0.5) is 14.5 Å². The number of rotatable bonds is 10. The Bertz CT molecular complexity index is 604. The number of amides is 1. The largest absolute Gasteiger partial charge is 0.493 e. The molecule has 0 bridgehead atoms. The number of unbranched alkanes of at least 4 members (excludes halogenated alkanes) is 1. The summed E-state index contributed by atoms with van der Waals surface area (Å²) in [4.78, 5) is 16.5. The molecular weight excluding hydrogens is 330 g/mol. The number of hydrogen-bond acceptors (Lipinski definition) is 4. The molecule has 0 aliphatic carbocycles. The van der Waals surface area contributed by atoms with E-state index in [1.807, 2.05) is 6.92 Å². The molecule has 0 heterocycles. The zero-order valence-corrected chi connectivity index (χ0v) is 15.2. The molecule has 0 aliphatic heterocycles. The molecular formula is C18H26F2N2O3. The monoisotopic (exact) mass is 356 g/mol. The standard InChI is InChI=1S/C18H26F2N2O3/c1-5-8-9-25-16-11-14(21-7-3)13(10-15(16)24-4)17(23)22-12-18(19,20)6-2/h7,10-11H,5-6,8-9,12H2,1-4H3,(H,22,23).